The number of nitrogens with zero attached hydrogens (tertiary/aromatic N) is 5. The maximum absolute atomic E-state index is 11.6. The van der Waals surface area contributed by atoms with E-state index in [-0.39, 0.29) is 18.6 Å². The van der Waals surface area contributed by atoms with Crippen molar-refractivity contribution in [3.8, 4) is 0 Å². The van der Waals surface area contributed by atoms with Crippen molar-refractivity contribution in [1.29, 1.82) is 0 Å². The minimum Gasteiger partial charge on any atom is -0.370 e. The summed E-state index contributed by atoms with van der Waals surface area (Å²) in [6.07, 6.45) is 5.63. The van der Waals surface area contributed by atoms with Gasteiger partial charge < -0.3 is 15.5 Å². The van der Waals surface area contributed by atoms with E-state index in [2.05, 4.69) is 37.5 Å². The van der Waals surface area contributed by atoms with Crippen molar-refractivity contribution in [3.63, 3.8) is 0 Å². The Morgan fingerprint density at radius 1 is 0.750 bits per heavy atom. The lowest BCUT2D eigenvalue weighted by Gasteiger charge is -2.15. The number of anilines is 2. The molecule has 0 unspecified atom stereocenters. The third-order valence-electron chi connectivity index (χ3n) is 7.23. The molecule has 2 aromatic carbocycles. The molecule has 3 heterocycles. The summed E-state index contributed by atoms with van der Waals surface area (Å²) in [4.78, 5) is 30.6. The van der Waals surface area contributed by atoms with Crippen molar-refractivity contribution < 1.29 is 4.79 Å². The number of nitrogens with one attached hydrogen (secondary N) is 2. The molecule has 0 bridgehead atoms. The van der Waals surface area contributed by atoms with E-state index in [1.165, 1.54) is 0 Å². The summed E-state index contributed by atoms with van der Waals surface area (Å²) in [6, 6.07) is 14.4. The predicted octanol–water partition coefficient (Wildman–Crippen LogP) is 10.3. The van der Waals surface area contributed by atoms with Gasteiger partial charge in [-0.15, -0.1) is 0 Å². The number of carbonyl (C=O) groups is 1. The van der Waals surface area contributed by atoms with Crippen LogP contribution in [0.2, 0.25) is 30.5 Å². The van der Waals surface area contributed by atoms with Crippen molar-refractivity contribution >= 4 is 87.3 Å². The zero-order valence-corrected chi connectivity index (χ0v) is 30.3. The molecule has 14 heteroatoms. The normalized spacial score (nSPS) is 12.3. The smallest absolute Gasteiger partial charge is 0.224 e. The highest BCUT2D eigenvalue weighted by molar-refractivity contribution is 6.36. The zero-order valence-electron chi connectivity index (χ0n) is 25.8. The molecule has 1 aliphatic rings. The van der Waals surface area contributed by atoms with Gasteiger partial charge in [0.15, 0.2) is 0 Å². The molecule has 1 saturated heterocycles. The Morgan fingerprint density at radius 3 is 1.90 bits per heavy atom. The largest absolute Gasteiger partial charge is 0.370 e. The van der Waals surface area contributed by atoms with Crippen LogP contribution in [0.4, 0.5) is 11.8 Å². The first-order valence-corrected chi connectivity index (χ1v) is 17.6. The fraction of sp³-hybridized carbons (Fsp3) is 0.382. The van der Waals surface area contributed by atoms with E-state index in [1.54, 1.807) is 24.3 Å². The molecule has 0 aliphatic carbocycles. The molecule has 0 atom stereocenters. The van der Waals surface area contributed by atoms with Crippen LogP contribution in [0, 0.1) is 0 Å². The van der Waals surface area contributed by atoms with Gasteiger partial charge in [-0.2, -0.15) is 0 Å². The lowest BCUT2D eigenvalue weighted by Crippen LogP contribution is -2.27. The van der Waals surface area contributed by atoms with Gasteiger partial charge in [0, 0.05) is 71.6 Å². The molecule has 1 amide bonds. The Kier molecular flexibility index (Phi) is 16.7. The van der Waals surface area contributed by atoms with Crippen molar-refractivity contribution in [2.24, 2.45) is 0 Å². The van der Waals surface area contributed by atoms with E-state index in [9.17, 15) is 4.79 Å². The number of likely N-dealkylation sites (tertiary alicyclic amines) is 1. The number of benzene rings is 2. The third-order valence-corrected chi connectivity index (χ3v) is 9.01. The van der Waals surface area contributed by atoms with Crippen molar-refractivity contribution in [3.05, 3.63) is 102 Å². The maximum atomic E-state index is 11.6. The minimum absolute atomic E-state index is 0. The maximum Gasteiger partial charge on any atom is 0.224 e. The lowest BCUT2D eigenvalue weighted by molar-refractivity contribution is -0.127. The van der Waals surface area contributed by atoms with Gasteiger partial charge in [-0.05, 0) is 72.3 Å². The summed E-state index contributed by atoms with van der Waals surface area (Å²) >= 11 is 36.9. The van der Waals surface area contributed by atoms with E-state index in [0.717, 1.165) is 67.8 Å². The van der Waals surface area contributed by atoms with E-state index >= 15 is 0 Å². The van der Waals surface area contributed by atoms with Crippen LogP contribution in [0.1, 0.15) is 69.0 Å². The van der Waals surface area contributed by atoms with Crippen molar-refractivity contribution in [2.75, 3.05) is 36.8 Å². The summed E-state index contributed by atoms with van der Waals surface area (Å²) in [7, 11) is 0. The van der Waals surface area contributed by atoms with Crippen LogP contribution in [-0.2, 0) is 17.6 Å². The number of aromatic nitrogens is 4. The number of carbonyl (C=O) groups excluding carboxylic acids is 1. The molecule has 4 aromatic rings. The van der Waals surface area contributed by atoms with Gasteiger partial charge in [-0.3, -0.25) is 4.79 Å². The van der Waals surface area contributed by atoms with Gasteiger partial charge in [-0.1, -0.05) is 90.9 Å². The quantitative estimate of drug-likeness (QED) is 0.0793. The van der Waals surface area contributed by atoms with Gasteiger partial charge in [0.2, 0.25) is 17.1 Å². The second-order valence-corrected chi connectivity index (χ2v) is 13.2. The molecule has 0 saturated carbocycles. The summed E-state index contributed by atoms with van der Waals surface area (Å²) in [5.41, 5.74) is 3.17. The Balaban J connectivity index is 0.000000261. The molecular weight excluding hydrogens is 735 g/mol. The Hall–Kier alpha value is -2.59. The number of hydrogen-bond donors (Lipinski definition) is 2. The third kappa shape index (κ3) is 12.4. The first kappa shape index (κ1) is 39.8. The van der Waals surface area contributed by atoms with Gasteiger partial charge in [0.25, 0.3) is 0 Å². The number of rotatable bonds is 13. The molecule has 8 nitrogen and oxygen atoms in total. The van der Waals surface area contributed by atoms with Gasteiger partial charge in [-0.25, -0.2) is 19.9 Å². The van der Waals surface area contributed by atoms with Crippen LogP contribution >= 0.6 is 69.6 Å². The van der Waals surface area contributed by atoms with Crippen LogP contribution in [0.25, 0.3) is 0 Å². The van der Waals surface area contributed by atoms with Crippen LogP contribution in [0.5, 0.6) is 0 Å². The molecule has 0 radical (unpaired) electrons. The minimum atomic E-state index is 0. The fourth-order valence-corrected chi connectivity index (χ4v) is 6.32. The SMILES string of the molecule is C.CCCCNc1nc(Cl)cc(Cc2c(Cl)cccc2Cl)n1.O=C1CCCN1CCCNc1cc(Cc2c(Cl)cccc2Cl)nc(Cl)n1. The van der Waals surface area contributed by atoms with Gasteiger partial charge >= 0.3 is 0 Å². The molecule has 48 heavy (non-hydrogen) atoms. The second-order valence-electron chi connectivity index (χ2n) is 10.8. The Bertz CT molecular complexity index is 1620. The van der Waals surface area contributed by atoms with E-state index in [4.69, 9.17) is 69.6 Å². The standard InChI is InChI=1S/C18H19Cl3N4O.C15H16Cl3N3.CH4/c19-14-4-1-5-15(20)13(14)10-12-11-16(24-18(21)23-12)22-7-3-9-25-8-2-6-17(25)26;1-2-3-7-19-15-20-10(9-14(18)21-15)8-11-12(16)5-4-6-13(11)17;/h1,4-5,11H,2-3,6-10H2,(H,22,23,24);4-6,9H,2-3,7-8H2,1H3,(H,19,20,21);1H4. The fourth-order valence-electron chi connectivity index (χ4n) is 4.85. The van der Waals surface area contributed by atoms with Crippen LogP contribution in [-0.4, -0.2) is 56.9 Å². The molecule has 1 aliphatic heterocycles. The lowest BCUT2D eigenvalue weighted by atomic mass is 10.1. The highest BCUT2D eigenvalue weighted by Crippen LogP contribution is 2.28. The first-order chi connectivity index (χ1) is 22.6. The zero-order chi connectivity index (χ0) is 33.8. The number of hydrogen-bond acceptors (Lipinski definition) is 7. The molecule has 2 N–H and O–H groups in total. The van der Waals surface area contributed by atoms with E-state index < -0.39 is 0 Å². The molecular formula is C34H39Cl6N7O. The van der Waals surface area contributed by atoms with Crippen molar-refractivity contribution in [1.82, 2.24) is 24.8 Å². The molecule has 258 valence electrons. The van der Waals surface area contributed by atoms with Gasteiger partial charge in [0.05, 0.1) is 11.4 Å². The van der Waals surface area contributed by atoms with Crippen LogP contribution < -0.4 is 10.6 Å². The monoisotopic (exact) mass is 771 g/mol. The average molecular weight is 774 g/mol. The Labute approximate surface area is 312 Å². The highest BCUT2D eigenvalue weighted by Gasteiger charge is 2.19. The highest BCUT2D eigenvalue weighted by atomic mass is 35.5. The first-order valence-electron chi connectivity index (χ1n) is 15.3. The number of unbranched alkanes of at least 4 members (excludes halogenated alkanes) is 1. The number of amides is 1. The number of halogens is 6. The molecule has 1 fully saturated rings. The molecule has 2 aromatic heterocycles. The van der Waals surface area contributed by atoms with Gasteiger partial charge in [0.1, 0.15) is 11.0 Å². The summed E-state index contributed by atoms with van der Waals surface area (Å²) < 4.78 is 0. The predicted molar refractivity (Wildman–Crippen MR) is 202 cm³/mol. The molecule has 0 spiro atoms. The summed E-state index contributed by atoms with van der Waals surface area (Å²) in [5, 5.41) is 9.42. The molecule has 5 rings (SSSR count). The Morgan fingerprint density at radius 2 is 1.33 bits per heavy atom. The van der Waals surface area contributed by atoms with E-state index in [1.807, 2.05) is 29.2 Å². The summed E-state index contributed by atoms with van der Waals surface area (Å²) in [5.74, 6) is 1.43. The van der Waals surface area contributed by atoms with Crippen LogP contribution in [0.15, 0.2) is 48.5 Å². The van der Waals surface area contributed by atoms with E-state index in [0.29, 0.717) is 62.8 Å². The van der Waals surface area contributed by atoms with Crippen molar-refractivity contribution in [2.45, 2.75) is 59.3 Å². The summed E-state index contributed by atoms with van der Waals surface area (Å²) in [6.45, 7) is 5.27. The second kappa shape index (κ2) is 20.2. The van der Waals surface area contributed by atoms with Crippen LogP contribution in [0.3, 0.4) is 0 Å². The average Bonchev–Trinajstić information content (AvgIpc) is 3.43. The topological polar surface area (TPSA) is 95.9 Å².